The Morgan fingerprint density at radius 2 is 1.35 bits per heavy atom. The molecule has 0 heterocycles. The van der Waals surface area contributed by atoms with Crippen LogP contribution in [0.4, 0.5) is 0 Å². The normalized spacial score (nSPS) is 67.2. The molecule has 4 bridgehead atoms. The van der Waals surface area contributed by atoms with Gasteiger partial charge in [-0.05, 0) is 85.4 Å². The van der Waals surface area contributed by atoms with Gasteiger partial charge in [0.1, 0.15) is 0 Å². The van der Waals surface area contributed by atoms with E-state index >= 15 is 0 Å². The van der Waals surface area contributed by atoms with Crippen molar-refractivity contribution in [3.8, 4) is 0 Å². The quantitative estimate of drug-likeness (QED) is 0.543. The van der Waals surface area contributed by atoms with Crippen molar-refractivity contribution in [1.29, 1.82) is 0 Å². The standard InChI is InChI=1S/C17H26/c1-9-6-10-7-13(9)17-15-8-14(16(10)17)11-4-2-3-5-12(11)15/h9-17H,2-8H2,1H3. The summed E-state index contributed by atoms with van der Waals surface area (Å²) in [6.45, 7) is 2.56. The fourth-order valence-electron chi connectivity index (χ4n) is 7.82. The molecule has 0 aromatic rings. The lowest BCUT2D eigenvalue weighted by Gasteiger charge is -2.46. The average Bonchev–Trinajstić information content (AvgIpc) is 3.03. The Hall–Kier alpha value is 0. The van der Waals surface area contributed by atoms with Crippen molar-refractivity contribution in [3.05, 3.63) is 0 Å². The molecule has 0 aromatic heterocycles. The molecule has 0 aromatic carbocycles. The Labute approximate surface area is 106 Å². The number of hydrogen-bond acceptors (Lipinski definition) is 0. The van der Waals surface area contributed by atoms with Gasteiger partial charge in [0.05, 0.1) is 0 Å². The summed E-state index contributed by atoms with van der Waals surface area (Å²) in [5.41, 5.74) is 0. The van der Waals surface area contributed by atoms with Crippen LogP contribution >= 0.6 is 0 Å². The van der Waals surface area contributed by atoms with E-state index in [4.69, 9.17) is 0 Å². The van der Waals surface area contributed by atoms with Crippen molar-refractivity contribution in [3.63, 3.8) is 0 Å². The third kappa shape index (κ3) is 1.04. The van der Waals surface area contributed by atoms with E-state index in [1.807, 2.05) is 0 Å². The Bertz CT molecular complexity index is 346. The molecule has 9 unspecified atom stereocenters. The molecule has 5 aliphatic carbocycles. The zero-order valence-electron chi connectivity index (χ0n) is 11.1. The molecule has 0 heteroatoms. The maximum Gasteiger partial charge on any atom is -0.0318 e. The first-order chi connectivity index (χ1) is 8.34. The van der Waals surface area contributed by atoms with Crippen LogP contribution < -0.4 is 0 Å². The summed E-state index contributed by atoms with van der Waals surface area (Å²) in [5, 5.41) is 0. The molecule has 5 rings (SSSR count). The zero-order chi connectivity index (χ0) is 11.1. The van der Waals surface area contributed by atoms with Gasteiger partial charge >= 0.3 is 0 Å². The highest BCUT2D eigenvalue weighted by molar-refractivity contribution is 5.14. The fourth-order valence-corrected chi connectivity index (χ4v) is 7.82. The maximum atomic E-state index is 2.56. The summed E-state index contributed by atoms with van der Waals surface area (Å²) < 4.78 is 0. The second-order valence-electron chi connectivity index (χ2n) is 8.20. The van der Waals surface area contributed by atoms with Gasteiger partial charge in [0, 0.05) is 0 Å². The molecular weight excluding hydrogens is 204 g/mol. The minimum atomic E-state index is 1.09. The Balaban J connectivity index is 1.53. The second-order valence-corrected chi connectivity index (χ2v) is 8.20. The van der Waals surface area contributed by atoms with E-state index in [1.165, 1.54) is 47.3 Å². The molecule has 17 heavy (non-hydrogen) atoms. The van der Waals surface area contributed by atoms with Crippen LogP contribution in [-0.4, -0.2) is 0 Å². The highest BCUT2D eigenvalue weighted by Gasteiger charge is 2.66. The molecular formula is C17H26. The third-order valence-electron chi connectivity index (χ3n) is 7.97. The van der Waals surface area contributed by atoms with Crippen LogP contribution in [0.25, 0.3) is 0 Å². The minimum absolute atomic E-state index is 1.09. The Morgan fingerprint density at radius 3 is 2.12 bits per heavy atom. The summed E-state index contributed by atoms with van der Waals surface area (Å²) in [4.78, 5) is 0. The van der Waals surface area contributed by atoms with Gasteiger partial charge in [0.15, 0.2) is 0 Å². The number of hydrogen-bond donors (Lipinski definition) is 0. The zero-order valence-corrected chi connectivity index (χ0v) is 11.1. The first-order valence-corrected chi connectivity index (χ1v) is 8.34. The van der Waals surface area contributed by atoms with Crippen LogP contribution in [0.5, 0.6) is 0 Å². The molecule has 0 nitrogen and oxygen atoms in total. The van der Waals surface area contributed by atoms with Gasteiger partial charge in [-0.1, -0.05) is 19.8 Å². The maximum absolute atomic E-state index is 2.56. The lowest BCUT2D eigenvalue weighted by Crippen LogP contribution is -2.41. The van der Waals surface area contributed by atoms with E-state index in [-0.39, 0.29) is 0 Å². The molecule has 0 radical (unpaired) electrons. The van der Waals surface area contributed by atoms with E-state index in [0.717, 1.165) is 5.92 Å². The molecule has 5 saturated carbocycles. The lowest BCUT2D eigenvalue weighted by atomic mass is 9.59. The van der Waals surface area contributed by atoms with E-state index in [2.05, 4.69) is 6.92 Å². The van der Waals surface area contributed by atoms with Crippen molar-refractivity contribution in [2.75, 3.05) is 0 Å². The summed E-state index contributed by atoms with van der Waals surface area (Å²) in [7, 11) is 0. The molecule has 5 aliphatic rings. The minimum Gasteiger partial charge on any atom is -0.0622 e. The summed E-state index contributed by atoms with van der Waals surface area (Å²) in [6.07, 6.45) is 11.3. The molecule has 5 fully saturated rings. The van der Waals surface area contributed by atoms with Crippen LogP contribution in [0.15, 0.2) is 0 Å². The van der Waals surface area contributed by atoms with Crippen LogP contribution in [-0.2, 0) is 0 Å². The van der Waals surface area contributed by atoms with Gasteiger partial charge in [0.2, 0.25) is 0 Å². The van der Waals surface area contributed by atoms with Crippen LogP contribution in [0.1, 0.15) is 51.9 Å². The predicted molar refractivity (Wildman–Crippen MR) is 69.4 cm³/mol. The monoisotopic (exact) mass is 230 g/mol. The van der Waals surface area contributed by atoms with Crippen molar-refractivity contribution in [1.82, 2.24) is 0 Å². The van der Waals surface area contributed by atoms with Gasteiger partial charge in [0.25, 0.3) is 0 Å². The van der Waals surface area contributed by atoms with Crippen molar-refractivity contribution < 1.29 is 0 Å². The van der Waals surface area contributed by atoms with Crippen LogP contribution in [0, 0.1) is 53.3 Å². The van der Waals surface area contributed by atoms with E-state index < -0.39 is 0 Å². The van der Waals surface area contributed by atoms with Gasteiger partial charge < -0.3 is 0 Å². The smallest absolute Gasteiger partial charge is 0.0318 e. The van der Waals surface area contributed by atoms with E-state index in [9.17, 15) is 0 Å². The van der Waals surface area contributed by atoms with Crippen LogP contribution in [0.2, 0.25) is 0 Å². The topological polar surface area (TPSA) is 0 Å². The molecule has 0 aliphatic heterocycles. The lowest BCUT2D eigenvalue weighted by molar-refractivity contribution is 0.0176. The molecule has 9 atom stereocenters. The fraction of sp³-hybridized carbons (Fsp3) is 1.00. The van der Waals surface area contributed by atoms with Crippen LogP contribution in [0.3, 0.4) is 0 Å². The summed E-state index contributed by atoms with van der Waals surface area (Å²) in [6, 6.07) is 0. The SMILES string of the molecule is CC1CC2CC1C1C3CC(C4CCCCC43)C21. The van der Waals surface area contributed by atoms with Crippen molar-refractivity contribution in [2.24, 2.45) is 53.3 Å². The van der Waals surface area contributed by atoms with Gasteiger partial charge in [-0.3, -0.25) is 0 Å². The summed E-state index contributed by atoms with van der Waals surface area (Å²) in [5.74, 6) is 10.7. The largest absolute Gasteiger partial charge is 0.0622 e. The Morgan fingerprint density at radius 1 is 0.647 bits per heavy atom. The molecule has 0 N–H and O–H groups in total. The van der Waals surface area contributed by atoms with Crippen molar-refractivity contribution >= 4 is 0 Å². The van der Waals surface area contributed by atoms with Gasteiger partial charge in [-0.15, -0.1) is 0 Å². The van der Waals surface area contributed by atoms with E-state index in [0.29, 0.717) is 0 Å². The highest BCUT2D eigenvalue weighted by Crippen LogP contribution is 2.72. The van der Waals surface area contributed by atoms with E-state index in [1.54, 1.807) is 44.9 Å². The second kappa shape index (κ2) is 3.11. The first kappa shape index (κ1) is 9.87. The highest BCUT2D eigenvalue weighted by atomic mass is 14.7. The third-order valence-corrected chi connectivity index (χ3v) is 7.97. The summed E-state index contributed by atoms with van der Waals surface area (Å²) >= 11 is 0. The average molecular weight is 230 g/mol. The predicted octanol–water partition coefficient (Wildman–Crippen LogP) is 4.35. The Kier molecular flexibility index (Phi) is 1.81. The van der Waals surface area contributed by atoms with Gasteiger partial charge in [-0.2, -0.15) is 0 Å². The number of rotatable bonds is 0. The molecule has 0 spiro atoms. The van der Waals surface area contributed by atoms with Crippen molar-refractivity contribution in [2.45, 2.75) is 51.9 Å². The first-order valence-electron chi connectivity index (χ1n) is 8.34. The molecule has 0 saturated heterocycles. The molecule has 94 valence electrons. The molecule has 0 amide bonds. The number of fused-ring (bicyclic) bond motifs is 12. The van der Waals surface area contributed by atoms with Gasteiger partial charge in [-0.25, -0.2) is 0 Å².